The largest absolute Gasteiger partial charge is 0.250 e. The highest BCUT2D eigenvalue weighted by Gasteiger charge is 2.17. The van der Waals surface area contributed by atoms with E-state index in [1.54, 1.807) is 13.0 Å². The van der Waals surface area contributed by atoms with Crippen molar-refractivity contribution in [1.82, 2.24) is 4.72 Å². The van der Waals surface area contributed by atoms with E-state index in [1.165, 1.54) is 0 Å². The maximum Gasteiger partial charge on any atom is 0.250 e. The Kier molecular flexibility index (Phi) is 5.07. The molecule has 0 spiro atoms. The average Bonchev–Trinajstić information content (AvgIpc) is 2.46. The van der Waals surface area contributed by atoms with Crippen LogP contribution in [-0.4, -0.2) is 20.3 Å². The molecule has 1 rings (SSSR count). The van der Waals surface area contributed by atoms with Crippen molar-refractivity contribution in [2.75, 3.05) is 6.54 Å². The molecule has 7 heteroatoms. The number of sulfonamides is 1. The van der Waals surface area contributed by atoms with Gasteiger partial charge in [-0.25, -0.2) is 13.1 Å². The first-order valence-electron chi connectivity index (χ1n) is 4.72. The summed E-state index contributed by atoms with van der Waals surface area (Å²) < 4.78 is 26.8. The Hall–Kier alpha value is 0.190. The molecule has 0 aromatic carbocycles. The molecule has 0 fully saturated rings. The van der Waals surface area contributed by atoms with Gasteiger partial charge in [-0.05, 0) is 31.9 Å². The molecule has 1 aromatic heterocycles. The quantitative estimate of drug-likeness (QED) is 0.850. The molecule has 16 heavy (non-hydrogen) atoms. The van der Waals surface area contributed by atoms with Gasteiger partial charge in [0.1, 0.15) is 4.21 Å². The van der Waals surface area contributed by atoms with Crippen LogP contribution >= 0.6 is 34.5 Å². The van der Waals surface area contributed by atoms with Crippen LogP contribution in [0.2, 0.25) is 4.34 Å². The fourth-order valence-corrected chi connectivity index (χ4v) is 3.94. The molecule has 1 N–H and O–H groups in total. The molecule has 0 aliphatic carbocycles. The van der Waals surface area contributed by atoms with Crippen LogP contribution in [0, 0.1) is 6.92 Å². The average molecular weight is 302 g/mol. The summed E-state index contributed by atoms with van der Waals surface area (Å²) in [7, 11) is -3.43. The maximum atomic E-state index is 11.8. The van der Waals surface area contributed by atoms with Crippen molar-refractivity contribution in [1.29, 1.82) is 0 Å². The van der Waals surface area contributed by atoms with Crippen LogP contribution in [0.4, 0.5) is 0 Å². The van der Waals surface area contributed by atoms with Crippen LogP contribution in [-0.2, 0) is 10.0 Å². The molecule has 92 valence electrons. The van der Waals surface area contributed by atoms with E-state index < -0.39 is 10.0 Å². The molecule has 0 amide bonds. The van der Waals surface area contributed by atoms with Crippen LogP contribution in [0.3, 0.4) is 0 Å². The minimum Gasteiger partial charge on any atom is -0.210 e. The number of hydrogen-bond donors (Lipinski definition) is 1. The van der Waals surface area contributed by atoms with Crippen LogP contribution in [0.25, 0.3) is 0 Å². The molecule has 0 saturated carbocycles. The Morgan fingerprint density at radius 3 is 2.62 bits per heavy atom. The van der Waals surface area contributed by atoms with Crippen molar-refractivity contribution in [3.8, 4) is 0 Å². The second-order valence-corrected chi connectivity index (χ2v) is 7.88. The highest BCUT2D eigenvalue weighted by atomic mass is 35.5. The lowest BCUT2D eigenvalue weighted by atomic mass is 10.3. The standard InChI is InChI=1S/C9H13Cl2NO2S2/c1-6-5-8(15-9(6)11)16(13,14)12-4-3-7(2)10/h5,7,12H,3-4H2,1-2H3. The molecule has 0 aliphatic rings. The molecule has 0 bridgehead atoms. The predicted molar refractivity (Wildman–Crippen MR) is 69.2 cm³/mol. The van der Waals surface area contributed by atoms with E-state index in [0.29, 0.717) is 17.3 Å². The highest BCUT2D eigenvalue weighted by Crippen LogP contribution is 2.29. The smallest absolute Gasteiger partial charge is 0.210 e. The minimum atomic E-state index is -3.43. The summed E-state index contributed by atoms with van der Waals surface area (Å²) in [6, 6.07) is 1.57. The van der Waals surface area contributed by atoms with Crippen LogP contribution in [0.15, 0.2) is 10.3 Å². The Labute approximate surface area is 110 Å². The molecule has 1 aromatic rings. The van der Waals surface area contributed by atoms with Gasteiger partial charge in [0, 0.05) is 11.9 Å². The highest BCUT2D eigenvalue weighted by molar-refractivity contribution is 7.91. The van der Waals surface area contributed by atoms with Crippen molar-refractivity contribution in [3.63, 3.8) is 0 Å². The molecule has 3 nitrogen and oxygen atoms in total. The monoisotopic (exact) mass is 301 g/mol. The van der Waals surface area contributed by atoms with E-state index in [-0.39, 0.29) is 9.59 Å². The second kappa shape index (κ2) is 5.69. The van der Waals surface area contributed by atoms with Gasteiger partial charge in [-0.3, -0.25) is 0 Å². The van der Waals surface area contributed by atoms with E-state index in [1.807, 2.05) is 6.92 Å². The van der Waals surface area contributed by atoms with Gasteiger partial charge in [-0.15, -0.1) is 22.9 Å². The maximum absolute atomic E-state index is 11.8. The van der Waals surface area contributed by atoms with Crippen LogP contribution in [0.1, 0.15) is 18.9 Å². The van der Waals surface area contributed by atoms with Gasteiger partial charge in [0.25, 0.3) is 0 Å². The van der Waals surface area contributed by atoms with E-state index in [9.17, 15) is 8.42 Å². The first-order valence-corrected chi connectivity index (χ1v) is 7.84. The summed E-state index contributed by atoms with van der Waals surface area (Å²) in [5, 5.41) is -0.0450. The van der Waals surface area contributed by atoms with Crippen molar-refractivity contribution in [2.24, 2.45) is 0 Å². The van der Waals surface area contributed by atoms with Gasteiger partial charge in [0.15, 0.2) is 0 Å². The third kappa shape index (κ3) is 3.89. The Balaban J connectivity index is 2.71. The molecule has 0 saturated heterocycles. The van der Waals surface area contributed by atoms with Crippen LogP contribution in [0.5, 0.6) is 0 Å². The normalized spacial score (nSPS) is 14.0. The molecule has 1 unspecified atom stereocenters. The zero-order chi connectivity index (χ0) is 12.3. The summed E-state index contributed by atoms with van der Waals surface area (Å²) in [4.78, 5) is 0. The van der Waals surface area contributed by atoms with Gasteiger partial charge in [0.05, 0.1) is 4.34 Å². The second-order valence-electron chi connectivity index (χ2n) is 3.49. The summed E-state index contributed by atoms with van der Waals surface area (Å²) in [6.07, 6.45) is 0.596. The number of nitrogens with one attached hydrogen (secondary N) is 1. The van der Waals surface area contributed by atoms with E-state index >= 15 is 0 Å². The summed E-state index contributed by atoms with van der Waals surface area (Å²) in [5.41, 5.74) is 0.776. The van der Waals surface area contributed by atoms with Crippen molar-refractivity contribution < 1.29 is 8.42 Å². The number of thiophene rings is 1. The van der Waals surface area contributed by atoms with Gasteiger partial charge in [0.2, 0.25) is 10.0 Å². The third-order valence-electron chi connectivity index (χ3n) is 1.93. The van der Waals surface area contributed by atoms with Crippen molar-refractivity contribution in [3.05, 3.63) is 16.0 Å². The van der Waals surface area contributed by atoms with Gasteiger partial charge < -0.3 is 0 Å². The molecule has 1 atom stereocenters. The lowest BCUT2D eigenvalue weighted by Gasteiger charge is -2.05. The van der Waals surface area contributed by atoms with Crippen molar-refractivity contribution in [2.45, 2.75) is 29.9 Å². The summed E-state index contributed by atoms with van der Waals surface area (Å²) >= 11 is 12.6. The van der Waals surface area contributed by atoms with Crippen LogP contribution < -0.4 is 4.72 Å². The number of aryl methyl sites for hydroxylation is 1. The van der Waals surface area contributed by atoms with Gasteiger partial charge in [-0.1, -0.05) is 11.6 Å². The topological polar surface area (TPSA) is 46.2 Å². The Bertz CT molecular complexity index is 435. The SMILES string of the molecule is Cc1cc(S(=O)(=O)NCCC(C)Cl)sc1Cl. The first kappa shape index (κ1) is 14.3. The fourth-order valence-electron chi connectivity index (χ4n) is 1.03. The lowest BCUT2D eigenvalue weighted by molar-refractivity contribution is 0.581. The fraction of sp³-hybridized carbons (Fsp3) is 0.556. The van der Waals surface area contributed by atoms with Crippen molar-refractivity contribution >= 4 is 44.6 Å². The number of halogens is 2. The zero-order valence-electron chi connectivity index (χ0n) is 8.96. The minimum absolute atomic E-state index is 0.0450. The first-order chi connectivity index (χ1) is 7.33. The Morgan fingerprint density at radius 1 is 1.56 bits per heavy atom. The molecule has 1 heterocycles. The lowest BCUT2D eigenvalue weighted by Crippen LogP contribution is -2.25. The zero-order valence-corrected chi connectivity index (χ0v) is 12.1. The molecular formula is C9H13Cl2NO2S2. The molecule has 0 aliphatic heterocycles. The summed E-state index contributed by atoms with van der Waals surface area (Å²) in [5.74, 6) is 0. The van der Waals surface area contributed by atoms with E-state index in [0.717, 1.165) is 16.9 Å². The summed E-state index contributed by atoms with van der Waals surface area (Å²) in [6.45, 7) is 3.93. The predicted octanol–water partition coefficient (Wildman–Crippen LogP) is 3.01. The van der Waals surface area contributed by atoms with E-state index in [4.69, 9.17) is 23.2 Å². The number of alkyl halides is 1. The van der Waals surface area contributed by atoms with Gasteiger partial charge in [-0.2, -0.15) is 0 Å². The number of rotatable bonds is 5. The number of hydrogen-bond acceptors (Lipinski definition) is 3. The molecular weight excluding hydrogens is 289 g/mol. The molecule has 0 radical (unpaired) electrons. The Morgan fingerprint density at radius 2 is 2.19 bits per heavy atom. The third-order valence-corrected chi connectivity index (χ3v) is 5.64. The van der Waals surface area contributed by atoms with E-state index in [2.05, 4.69) is 4.72 Å². The van der Waals surface area contributed by atoms with Gasteiger partial charge >= 0.3 is 0 Å².